The molecule has 1 N–H and O–H groups in total. The Morgan fingerprint density at radius 3 is 2.67 bits per heavy atom. The summed E-state index contributed by atoms with van der Waals surface area (Å²) in [5.74, 6) is -0.216. The number of carbonyl (C=O) groups is 1. The summed E-state index contributed by atoms with van der Waals surface area (Å²) in [4.78, 5) is 14.1. The maximum Gasteiger partial charge on any atom is 0.274 e. The third-order valence-electron chi connectivity index (χ3n) is 4.27. The summed E-state index contributed by atoms with van der Waals surface area (Å²) in [6, 6.07) is 1.47. The van der Waals surface area contributed by atoms with Gasteiger partial charge in [-0.2, -0.15) is 5.10 Å². The highest BCUT2D eigenvalue weighted by Gasteiger charge is 2.37. The quantitative estimate of drug-likeness (QED) is 0.911. The van der Waals surface area contributed by atoms with E-state index in [1.165, 1.54) is 6.26 Å². The first-order chi connectivity index (χ1) is 9.84. The van der Waals surface area contributed by atoms with Gasteiger partial charge in [-0.05, 0) is 25.3 Å². The first kappa shape index (κ1) is 16.0. The van der Waals surface area contributed by atoms with Gasteiger partial charge in [-0.1, -0.05) is 19.8 Å². The summed E-state index contributed by atoms with van der Waals surface area (Å²) in [7, 11) is -1.48. The second kappa shape index (κ2) is 6.17. The average Bonchev–Trinajstić information content (AvgIpc) is 2.93. The molecular formula is C14H23N3O3S. The number of aromatic nitrogens is 2. The molecule has 0 spiro atoms. The van der Waals surface area contributed by atoms with Gasteiger partial charge in [0.25, 0.3) is 5.91 Å². The largest absolute Gasteiger partial charge is 0.336 e. The van der Waals surface area contributed by atoms with Gasteiger partial charge in [0.05, 0.1) is 5.25 Å². The highest BCUT2D eigenvalue weighted by Crippen LogP contribution is 2.28. The van der Waals surface area contributed by atoms with Crippen LogP contribution in [0.5, 0.6) is 0 Å². The number of carbonyl (C=O) groups excluding carboxylic acids is 1. The molecule has 1 aliphatic rings. The number of H-pyrrole nitrogens is 1. The predicted molar refractivity (Wildman–Crippen MR) is 80.9 cm³/mol. The van der Waals surface area contributed by atoms with Gasteiger partial charge in [0, 0.05) is 25.0 Å². The van der Waals surface area contributed by atoms with Crippen molar-refractivity contribution in [1.29, 1.82) is 0 Å². The molecule has 118 valence electrons. The average molecular weight is 313 g/mol. The van der Waals surface area contributed by atoms with Crippen LogP contribution in [0.3, 0.4) is 0 Å². The Balaban J connectivity index is 2.20. The van der Waals surface area contributed by atoms with Gasteiger partial charge in [0.15, 0.2) is 9.84 Å². The van der Waals surface area contributed by atoms with Crippen LogP contribution in [0.4, 0.5) is 0 Å². The van der Waals surface area contributed by atoms with Crippen LogP contribution in [0.2, 0.25) is 0 Å². The molecule has 7 heteroatoms. The fraction of sp³-hybridized carbons (Fsp3) is 0.714. The van der Waals surface area contributed by atoms with E-state index in [9.17, 15) is 13.2 Å². The number of nitrogens with zero attached hydrogens (tertiary/aromatic N) is 2. The zero-order valence-corrected chi connectivity index (χ0v) is 13.6. The van der Waals surface area contributed by atoms with E-state index >= 15 is 0 Å². The molecule has 1 aromatic rings. The van der Waals surface area contributed by atoms with Crippen LogP contribution in [0.25, 0.3) is 0 Å². The second-order valence-corrected chi connectivity index (χ2v) is 8.03. The van der Waals surface area contributed by atoms with Crippen molar-refractivity contribution in [2.45, 2.75) is 50.3 Å². The lowest BCUT2D eigenvalue weighted by molar-refractivity contribution is 0.0694. The van der Waals surface area contributed by atoms with Gasteiger partial charge in [-0.3, -0.25) is 9.89 Å². The van der Waals surface area contributed by atoms with Crippen LogP contribution in [-0.2, 0) is 16.3 Å². The third-order valence-corrected chi connectivity index (χ3v) is 5.92. The van der Waals surface area contributed by atoms with E-state index in [-0.39, 0.29) is 11.9 Å². The highest BCUT2D eigenvalue weighted by molar-refractivity contribution is 7.91. The molecule has 0 radical (unpaired) electrons. The monoisotopic (exact) mass is 313 g/mol. The molecule has 1 amide bonds. The number of amides is 1. The Morgan fingerprint density at radius 1 is 1.43 bits per heavy atom. The van der Waals surface area contributed by atoms with Crippen molar-refractivity contribution in [1.82, 2.24) is 15.1 Å². The van der Waals surface area contributed by atoms with Gasteiger partial charge in [-0.25, -0.2) is 8.42 Å². The van der Waals surface area contributed by atoms with E-state index in [1.54, 1.807) is 18.0 Å². The van der Waals surface area contributed by atoms with Crippen LogP contribution >= 0.6 is 0 Å². The van der Waals surface area contributed by atoms with E-state index in [2.05, 4.69) is 10.2 Å². The fourth-order valence-corrected chi connectivity index (χ4v) is 4.49. The summed E-state index contributed by atoms with van der Waals surface area (Å²) >= 11 is 0. The van der Waals surface area contributed by atoms with Gasteiger partial charge in [-0.15, -0.1) is 0 Å². The first-order valence-corrected chi connectivity index (χ1v) is 9.30. The minimum absolute atomic E-state index is 0.216. The van der Waals surface area contributed by atoms with Crippen molar-refractivity contribution in [2.75, 3.05) is 13.3 Å². The SMILES string of the molecule is CCc1cc(C(=O)N(C)[C@@H]2CCCC[C@H]2S(C)(=O)=O)n[nH]1. The lowest BCUT2D eigenvalue weighted by Crippen LogP contribution is -2.49. The Labute approximate surface area is 125 Å². The van der Waals surface area contributed by atoms with Crippen molar-refractivity contribution in [3.05, 3.63) is 17.5 Å². The lowest BCUT2D eigenvalue weighted by Gasteiger charge is -2.36. The van der Waals surface area contributed by atoms with Crippen molar-refractivity contribution < 1.29 is 13.2 Å². The molecule has 21 heavy (non-hydrogen) atoms. The Hall–Kier alpha value is -1.37. The zero-order valence-electron chi connectivity index (χ0n) is 12.8. The maximum absolute atomic E-state index is 12.5. The summed E-state index contributed by atoms with van der Waals surface area (Å²) in [6.07, 6.45) is 5.25. The van der Waals surface area contributed by atoms with Crippen molar-refractivity contribution >= 4 is 15.7 Å². The molecule has 2 atom stereocenters. The molecule has 0 unspecified atom stereocenters. The minimum Gasteiger partial charge on any atom is -0.336 e. The molecule has 0 bridgehead atoms. The Bertz CT molecular complexity index is 609. The molecule has 0 aromatic carbocycles. The number of hydrogen-bond acceptors (Lipinski definition) is 4. The number of aromatic amines is 1. The van der Waals surface area contributed by atoms with E-state index < -0.39 is 15.1 Å². The number of hydrogen-bond donors (Lipinski definition) is 1. The molecule has 2 rings (SSSR count). The minimum atomic E-state index is -3.16. The summed E-state index contributed by atoms with van der Waals surface area (Å²) in [5, 5.41) is 6.38. The normalized spacial score (nSPS) is 23.0. The van der Waals surface area contributed by atoms with Crippen molar-refractivity contribution in [2.24, 2.45) is 0 Å². The Kier molecular flexibility index (Phi) is 4.70. The van der Waals surface area contributed by atoms with Crippen LogP contribution in [0.15, 0.2) is 6.07 Å². The summed E-state index contributed by atoms with van der Waals surface area (Å²) < 4.78 is 23.9. The molecule has 1 aliphatic carbocycles. The molecule has 6 nitrogen and oxygen atoms in total. The molecule has 1 fully saturated rings. The highest BCUT2D eigenvalue weighted by atomic mass is 32.2. The standard InChI is InChI=1S/C14H23N3O3S/c1-4-10-9-11(16-15-10)14(18)17(2)12-7-5-6-8-13(12)21(3,19)20/h9,12-13H,4-8H2,1-3H3,(H,15,16)/t12-,13-/m1/s1. The Morgan fingerprint density at radius 2 is 2.10 bits per heavy atom. The molecule has 1 heterocycles. The predicted octanol–water partition coefficient (Wildman–Crippen LogP) is 1.40. The maximum atomic E-state index is 12.5. The lowest BCUT2D eigenvalue weighted by atomic mass is 9.93. The molecule has 0 aliphatic heterocycles. The number of rotatable bonds is 4. The van der Waals surface area contributed by atoms with E-state index in [1.807, 2.05) is 6.92 Å². The molecule has 1 saturated carbocycles. The second-order valence-electron chi connectivity index (χ2n) is 5.77. The summed E-state index contributed by atoms with van der Waals surface area (Å²) in [5.41, 5.74) is 1.25. The summed E-state index contributed by atoms with van der Waals surface area (Å²) in [6.45, 7) is 1.98. The van der Waals surface area contributed by atoms with Gasteiger partial charge in [0.1, 0.15) is 5.69 Å². The van der Waals surface area contributed by atoms with Crippen LogP contribution in [-0.4, -0.2) is 54.0 Å². The molecule has 1 aromatic heterocycles. The topological polar surface area (TPSA) is 83.1 Å². The first-order valence-electron chi connectivity index (χ1n) is 7.35. The number of nitrogens with one attached hydrogen (secondary N) is 1. The molecular weight excluding hydrogens is 290 g/mol. The third kappa shape index (κ3) is 3.45. The van der Waals surface area contributed by atoms with Crippen molar-refractivity contribution in [3.63, 3.8) is 0 Å². The number of aryl methyl sites for hydroxylation is 1. The van der Waals surface area contributed by atoms with E-state index in [0.717, 1.165) is 31.4 Å². The smallest absolute Gasteiger partial charge is 0.274 e. The van der Waals surface area contributed by atoms with E-state index in [0.29, 0.717) is 12.1 Å². The van der Waals surface area contributed by atoms with Crippen molar-refractivity contribution in [3.8, 4) is 0 Å². The zero-order chi connectivity index (χ0) is 15.6. The van der Waals surface area contributed by atoms with Crippen LogP contribution in [0.1, 0.15) is 48.8 Å². The van der Waals surface area contributed by atoms with Gasteiger partial charge < -0.3 is 4.90 Å². The van der Waals surface area contributed by atoms with E-state index in [4.69, 9.17) is 0 Å². The van der Waals surface area contributed by atoms with Gasteiger partial charge in [0.2, 0.25) is 0 Å². The van der Waals surface area contributed by atoms with Crippen LogP contribution < -0.4 is 0 Å². The molecule has 0 saturated heterocycles. The fourth-order valence-electron chi connectivity index (χ4n) is 3.00. The van der Waals surface area contributed by atoms with Gasteiger partial charge >= 0.3 is 0 Å². The van der Waals surface area contributed by atoms with Crippen LogP contribution in [0, 0.1) is 0 Å². The number of sulfone groups is 1.